The quantitative estimate of drug-likeness (QED) is 0.710. The molecule has 2 aliphatic rings. The van der Waals surface area contributed by atoms with E-state index in [2.05, 4.69) is 22.0 Å². The van der Waals surface area contributed by atoms with Crippen LogP contribution in [0.1, 0.15) is 24.8 Å². The van der Waals surface area contributed by atoms with E-state index in [-0.39, 0.29) is 0 Å². The average molecular weight is 326 g/mol. The van der Waals surface area contributed by atoms with Crippen molar-refractivity contribution in [2.75, 3.05) is 0 Å². The number of allylic oxidation sites excluding steroid dienone is 2. The predicted octanol–water partition coefficient (Wildman–Crippen LogP) is 4.52. The van der Waals surface area contributed by atoms with Crippen molar-refractivity contribution in [3.8, 4) is 5.75 Å². The van der Waals surface area contributed by atoms with Crippen molar-refractivity contribution in [1.82, 2.24) is 0 Å². The fourth-order valence-electron chi connectivity index (χ4n) is 2.37. The molecule has 0 aromatic heterocycles. The number of hydrogen-bond acceptors (Lipinski definition) is 2. The zero-order valence-corrected chi connectivity index (χ0v) is 11.8. The third kappa shape index (κ3) is 1.91. The fraction of sp³-hybridized carbons (Fsp3) is 0.214. The molecule has 2 nitrogen and oxygen atoms in total. The number of rotatable bonds is 1. The predicted molar refractivity (Wildman–Crippen MR) is 74.7 cm³/mol. The number of carbonyl (C=O) groups is 1. The van der Waals surface area contributed by atoms with Crippen molar-refractivity contribution < 1.29 is 9.53 Å². The van der Waals surface area contributed by atoms with Gasteiger partial charge in [0, 0.05) is 16.2 Å². The Labute approximate surface area is 118 Å². The van der Waals surface area contributed by atoms with E-state index < -0.39 is 0 Å². The molecule has 0 spiro atoms. The standard InChI is InChI=1S/C14H10BrClO2/c15-12-6-11(16)5-10-4-8-2-1-3-9(7-17)13(8)18-14(10)12/h4-7H,1-3H2. The smallest absolute Gasteiger partial charge is 0.149 e. The lowest BCUT2D eigenvalue weighted by Gasteiger charge is -2.26. The van der Waals surface area contributed by atoms with E-state index in [1.807, 2.05) is 6.07 Å². The molecule has 3 rings (SSSR count). The molecule has 0 unspecified atom stereocenters. The zero-order chi connectivity index (χ0) is 12.7. The van der Waals surface area contributed by atoms with E-state index in [0.717, 1.165) is 58.2 Å². The second-order valence-corrected chi connectivity index (χ2v) is 5.69. The molecule has 0 N–H and O–H groups in total. The summed E-state index contributed by atoms with van der Waals surface area (Å²) < 4.78 is 6.71. The molecule has 4 heteroatoms. The van der Waals surface area contributed by atoms with Crippen LogP contribution in [0.4, 0.5) is 0 Å². The molecule has 0 saturated carbocycles. The minimum Gasteiger partial charge on any atom is -0.455 e. The third-order valence-corrected chi connectivity index (χ3v) is 4.00. The van der Waals surface area contributed by atoms with Crippen LogP contribution >= 0.6 is 27.5 Å². The molecule has 0 fully saturated rings. The first-order chi connectivity index (χ1) is 8.69. The first kappa shape index (κ1) is 12.0. The van der Waals surface area contributed by atoms with Crippen molar-refractivity contribution >= 4 is 39.9 Å². The van der Waals surface area contributed by atoms with Crippen molar-refractivity contribution in [2.24, 2.45) is 0 Å². The zero-order valence-electron chi connectivity index (χ0n) is 9.50. The van der Waals surface area contributed by atoms with Crippen molar-refractivity contribution in [3.63, 3.8) is 0 Å². The Morgan fingerprint density at radius 1 is 1.33 bits per heavy atom. The highest BCUT2D eigenvalue weighted by atomic mass is 79.9. The van der Waals surface area contributed by atoms with Crippen LogP contribution in [0.15, 0.2) is 33.5 Å². The third-order valence-electron chi connectivity index (χ3n) is 3.19. The van der Waals surface area contributed by atoms with Gasteiger partial charge in [-0.15, -0.1) is 0 Å². The Kier molecular flexibility index (Phi) is 3.04. The summed E-state index contributed by atoms with van der Waals surface area (Å²) in [7, 11) is 0. The number of halogens is 2. The Morgan fingerprint density at radius 3 is 2.94 bits per heavy atom. The first-order valence-electron chi connectivity index (χ1n) is 5.75. The van der Waals surface area contributed by atoms with Crippen molar-refractivity contribution in [2.45, 2.75) is 19.3 Å². The molecule has 0 bridgehead atoms. The number of benzene rings is 1. The van der Waals surface area contributed by atoms with Gasteiger partial charge in [0.05, 0.1) is 4.47 Å². The Morgan fingerprint density at radius 2 is 2.17 bits per heavy atom. The highest BCUT2D eigenvalue weighted by molar-refractivity contribution is 9.10. The van der Waals surface area contributed by atoms with Crippen molar-refractivity contribution in [3.05, 3.63) is 44.1 Å². The molecule has 0 amide bonds. The molecular formula is C14H10BrClO2. The fourth-order valence-corrected chi connectivity index (χ4v) is 3.28. The van der Waals surface area contributed by atoms with Gasteiger partial charge in [-0.2, -0.15) is 0 Å². The molecule has 0 atom stereocenters. The van der Waals surface area contributed by atoms with E-state index in [9.17, 15) is 4.79 Å². The number of carbonyl (C=O) groups excluding carboxylic acids is 1. The van der Waals surface area contributed by atoms with Gasteiger partial charge in [-0.05, 0) is 59.0 Å². The lowest BCUT2D eigenvalue weighted by atomic mass is 9.91. The summed E-state index contributed by atoms with van der Waals surface area (Å²) in [5.41, 5.74) is 2.80. The summed E-state index contributed by atoms with van der Waals surface area (Å²) in [6.45, 7) is 0. The maximum Gasteiger partial charge on any atom is 0.149 e. The molecule has 1 aromatic rings. The Hall–Kier alpha value is -1.06. The number of aldehydes is 1. The average Bonchev–Trinajstić information content (AvgIpc) is 2.36. The molecular weight excluding hydrogens is 316 g/mol. The van der Waals surface area contributed by atoms with Gasteiger partial charge in [0.1, 0.15) is 17.8 Å². The van der Waals surface area contributed by atoms with Gasteiger partial charge in [0.25, 0.3) is 0 Å². The summed E-state index contributed by atoms with van der Waals surface area (Å²) in [5, 5.41) is 0.667. The maximum atomic E-state index is 11.1. The van der Waals surface area contributed by atoms with Gasteiger partial charge < -0.3 is 4.74 Å². The van der Waals surface area contributed by atoms with E-state index in [1.54, 1.807) is 6.07 Å². The Bertz CT molecular complexity index is 602. The van der Waals surface area contributed by atoms with Crippen LogP contribution < -0.4 is 4.74 Å². The lowest BCUT2D eigenvalue weighted by Crippen LogP contribution is -2.13. The largest absolute Gasteiger partial charge is 0.455 e. The van der Waals surface area contributed by atoms with Gasteiger partial charge in [0.2, 0.25) is 0 Å². The second-order valence-electron chi connectivity index (χ2n) is 4.40. The van der Waals surface area contributed by atoms with Gasteiger partial charge in [-0.1, -0.05) is 11.6 Å². The van der Waals surface area contributed by atoms with Gasteiger partial charge >= 0.3 is 0 Å². The Balaban J connectivity index is 2.20. The number of ether oxygens (including phenoxy) is 1. The van der Waals surface area contributed by atoms with Crippen molar-refractivity contribution in [1.29, 1.82) is 0 Å². The molecule has 1 aliphatic carbocycles. The molecule has 0 radical (unpaired) electrons. The normalized spacial score (nSPS) is 17.6. The topological polar surface area (TPSA) is 26.3 Å². The first-order valence-corrected chi connectivity index (χ1v) is 6.92. The summed E-state index contributed by atoms with van der Waals surface area (Å²) in [5.74, 6) is 1.46. The highest BCUT2D eigenvalue weighted by Gasteiger charge is 2.25. The van der Waals surface area contributed by atoms with Crippen LogP contribution in [0.25, 0.3) is 6.08 Å². The van der Waals surface area contributed by atoms with Crippen LogP contribution in [0.5, 0.6) is 5.75 Å². The van der Waals surface area contributed by atoms with Gasteiger partial charge in [-0.25, -0.2) is 0 Å². The van der Waals surface area contributed by atoms with E-state index in [1.165, 1.54) is 0 Å². The minimum absolute atomic E-state index is 0.667. The molecule has 1 heterocycles. The van der Waals surface area contributed by atoms with E-state index in [0.29, 0.717) is 5.02 Å². The van der Waals surface area contributed by atoms with Crippen LogP contribution in [-0.4, -0.2) is 6.29 Å². The number of fused-ring (bicyclic) bond motifs is 2. The monoisotopic (exact) mass is 324 g/mol. The second kappa shape index (κ2) is 4.56. The summed E-state index contributed by atoms with van der Waals surface area (Å²) in [6.07, 6.45) is 5.68. The summed E-state index contributed by atoms with van der Waals surface area (Å²) in [4.78, 5) is 11.1. The number of hydrogen-bond donors (Lipinski definition) is 0. The summed E-state index contributed by atoms with van der Waals surface area (Å²) in [6, 6.07) is 3.67. The van der Waals surface area contributed by atoms with Crippen LogP contribution in [0.2, 0.25) is 5.02 Å². The molecule has 0 saturated heterocycles. The van der Waals surface area contributed by atoms with Gasteiger partial charge in [-0.3, -0.25) is 4.79 Å². The molecule has 1 aliphatic heterocycles. The highest BCUT2D eigenvalue weighted by Crippen LogP contribution is 2.43. The van der Waals surface area contributed by atoms with Crippen LogP contribution in [-0.2, 0) is 4.79 Å². The van der Waals surface area contributed by atoms with Crippen LogP contribution in [0, 0.1) is 0 Å². The maximum absolute atomic E-state index is 11.1. The SMILES string of the molecule is O=CC1=C2Oc3c(Br)cc(Cl)cc3C=C2CCC1. The van der Waals surface area contributed by atoms with E-state index in [4.69, 9.17) is 16.3 Å². The molecule has 18 heavy (non-hydrogen) atoms. The van der Waals surface area contributed by atoms with Gasteiger partial charge in [0.15, 0.2) is 0 Å². The minimum atomic E-state index is 0.667. The molecule has 92 valence electrons. The van der Waals surface area contributed by atoms with Crippen LogP contribution in [0.3, 0.4) is 0 Å². The molecule has 1 aromatic carbocycles. The lowest BCUT2D eigenvalue weighted by molar-refractivity contribution is -0.105. The van der Waals surface area contributed by atoms with E-state index >= 15 is 0 Å². The summed E-state index contributed by atoms with van der Waals surface area (Å²) >= 11 is 9.47.